The molecule has 528 valence electrons. The number of nitrogens with one attached hydrogen (secondary N) is 12. The van der Waals surface area contributed by atoms with Crippen LogP contribution in [0.1, 0.15) is 112 Å². The van der Waals surface area contributed by atoms with Crippen molar-refractivity contribution in [3.05, 3.63) is 71.8 Å². The monoisotopic (exact) mass is 1340 g/mol. The summed E-state index contributed by atoms with van der Waals surface area (Å²) >= 11 is 0. The summed E-state index contributed by atoms with van der Waals surface area (Å²) in [4.78, 5) is 171. The van der Waals surface area contributed by atoms with Gasteiger partial charge in [0.1, 0.15) is 54.4 Å². The first kappa shape index (κ1) is 80.3. The van der Waals surface area contributed by atoms with Gasteiger partial charge in [0.2, 0.25) is 65.0 Å². The Morgan fingerprint density at radius 3 is 1.79 bits per heavy atom. The summed E-state index contributed by atoms with van der Waals surface area (Å²) < 4.78 is 11.6. The Labute approximate surface area is 551 Å². The second-order valence-electron chi connectivity index (χ2n) is 24.5. The Hall–Kier alpha value is -8.89. The average molecular weight is 1340 g/mol. The molecule has 0 bridgehead atoms. The third-order valence-corrected chi connectivity index (χ3v) is 15.2. The van der Waals surface area contributed by atoms with E-state index in [9.17, 15) is 73.2 Å². The summed E-state index contributed by atoms with van der Waals surface area (Å²) in [5.74, 6) is -17.7. The number of amides is 11. The number of cyclic esters (lactones) is 1. The standard InChI is InChI=1S/C62H97N15O18/c1-10-33(8)43-57(89)75-44(34(9)79)56(88)68-26-42(80)73-46(49(82)51(64)83)59(91)72-41(27-78)61(93)95-50(36-20-15-12-16-21-36)47(77-55(87)40(25-31(4)5)70-52(84)37(63)29-94-28-35-18-13-11-14-19-35)60(92)76-45(48(81)32(6)7)58(90)71-39(24-30(2)3)54(86)69-38(53(85)74-43)22-17-23-67-62(65)66/h11-16,18-21,30-34,37-41,43-50,78-79,81-82H,10,17,22-29,63H2,1-9H3,(H2,64,83)(H,68,88)(H,69,86)(H,70,84)(H,71,90)(H,72,91)(H,73,80)(H,74,85)(H,75,89)(H,76,92)(H,77,87)(H4,65,66,67)/t33-,34-,37-,38+,39-,40-,41-,43?,44?,45-,46-,47-,48+,49-,50+/m0/s1. The molecule has 1 aliphatic rings. The number of carbonyl (C=O) groups is 12. The predicted octanol–water partition coefficient (Wildman–Crippen LogP) is -5.05. The van der Waals surface area contributed by atoms with E-state index in [1.165, 1.54) is 44.2 Å². The molecule has 1 saturated heterocycles. The number of hydrogen-bond acceptors (Lipinski definition) is 20. The summed E-state index contributed by atoms with van der Waals surface area (Å²) in [5.41, 5.74) is 17.8. The molecule has 33 nitrogen and oxygen atoms in total. The first-order chi connectivity index (χ1) is 44.7. The molecule has 0 aliphatic carbocycles. The molecule has 0 saturated carbocycles. The van der Waals surface area contributed by atoms with Crippen LogP contribution in [-0.4, -0.2) is 202 Å². The number of benzene rings is 2. The van der Waals surface area contributed by atoms with E-state index in [2.05, 4.69) is 47.9 Å². The zero-order chi connectivity index (χ0) is 71.4. The molecule has 11 amide bonds. The van der Waals surface area contributed by atoms with Crippen LogP contribution in [0.2, 0.25) is 0 Å². The fraction of sp³-hybridized carbons (Fsp3) is 0.597. The lowest BCUT2D eigenvalue weighted by Crippen LogP contribution is -2.64. The summed E-state index contributed by atoms with van der Waals surface area (Å²) in [6.07, 6.45) is -8.39. The number of aliphatic hydroxyl groups excluding tert-OH is 4. The van der Waals surface area contributed by atoms with Gasteiger partial charge in [-0.15, -0.1) is 0 Å². The van der Waals surface area contributed by atoms with Crippen molar-refractivity contribution in [1.82, 2.24) is 58.5 Å². The molecule has 2 aromatic rings. The number of esters is 1. The Bertz CT molecular complexity index is 2930. The predicted molar refractivity (Wildman–Crippen MR) is 342 cm³/mol. The van der Waals surface area contributed by atoms with Crippen LogP contribution in [0.25, 0.3) is 0 Å². The van der Waals surface area contributed by atoms with E-state index in [0.717, 1.165) is 12.5 Å². The second-order valence-corrected chi connectivity index (χ2v) is 24.5. The van der Waals surface area contributed by atoms with Gasteiger partial charge in [0, 0.05) is 6.54 Å². The maximum atomic E-state index is 15.4. The molecule has 15 atom stereocenters. The third kappa shape index (κ3) is 26.4. The minimum Gasteiger partial charge on any atom is -0.453 e. The van der Waals surface area contributed by atoms with Crippen LogP contribution in [0.3, 0.4) is 0 Å². The maximum Gasteiger partial charge on any atom is 0.331 e. The Morgan fingerprint density at radius 2 is 1.23 bits per heavy atom. The van der Waals surface area contributed by atoms with Crippen LogP contribution in [0.15, 0.2) is 60.7 Å². The molecule has 3 rings (SSSR count). The largest absolute Gasteiger partial charge is 0.453 e. The van der Waals surface area contributed by atoms with E-state index in [1.807, 2.05) is 10.6 Å². The van der Waals surface area contributed by atoms with Crippen molar-refractivity contribution >= 4 is 76.9 Å². The minimum absolute atomic E-state index is 0.00759. The Balaban J connectivity index is 2.38. The zero-order valence-corrected chi connectivity index (χ0v) is 55.0. The number of hydrogen-bond donors (Lipinski definition) is 19. The smallest absolute Gasteiger partial charge is 0.331 e. The van der Waals surface area contributed by atoms with Gasteiger partial charge in [-0.25, -0.2) is 4.79 Å². The van der Waals surface area contributed by atoms with Crippen molar-refractivity contribution in [3.63, 3.8) is 0 Å². The number of rotatable bonds is 25. The van der Waals surface area contributed by atoms with Crippen LogP contribution in [0.5, 0.6) is 0 Å². The lowest BCUT2D eigenvalue weighted by molar-refractivity contribution is -0.159. The number of ether oxygens (including phenoxy) is 2. The van der Waals surface area contributed by atoms with E-state index in [1.54, 1.807) is 71.9 Å². The molecule has 22 N–H and O–H groups in total. The molecular weight excluding hydrogens is 1240 g/mol. The Kier molecular flexibility index (Phi) is 33.6. The first-order valence-electron chi connectivity index (χ1n) is 31.4. The molecule has 1 fully saturated rings. The van der Waals surface area contributed by atoms with Crippen molar-refractivity contribution in [3.8, 4) is 0 Å². The van der Waals surface area contributed by atoms with Crippen molar-refractivity contribution in [2.24, 2.45) is 40.9 Å². The molecule has 1 heterocycles. The molecule has 1 aliphatic heterocycles. The number of aliphatic hydroxyl groups is 4. The van der Waals surface area contributed by atoms with Crippen LogP contribution in [0, 0.1) is 29.1 Å². The second kappa shape index (κ2) is 39.7. The minimum atomic E-state index is -2.59. The highest BCUT2D eigenvalue weighted by Gasteiger charge is 2.44. The highest BCUT2D eigenvalue weighted by Crippen LogP contribution is 2.25. The van der Waals surface area contributed by atoms with Gasteiger partial charge in [0.05, 0.1) is 38.6 Å². The number of carbonyl (C=O) groups excluding carboxylic acids is 12. The highest BCUT2D eigenvalue weighted by molar-refractivity contribution is 6.00. The molecule has 0 radical (unpaired) electrons. The molecule has 0 aromatic heterocycles. The normalized spacial score (nSPS) is 23.9. The van der Waals surface area contributed by atoms with Gasteiger partial charge in [0.25, 0.3) is 0 Å². The zero-order valence-electron chi connectivity index (χ0n) is 55.0. The Morgan fingerprint density at radius 1 is 0.674 bits per heavy atom. The van der Waals surface area contributed by atoms with Crippen molar-refractivity contribution < 1.29 is 87.4 Å². The fourth-order valence-corrected chi connectivity index (χ4v) is 9.61. The van der Waals surface area contributed by atoms with Crippen LogP contribution < -0.4 is 75.7 Å². The van der Waals surface area contributed by atoms with E-state index in [4.69, 9.17) is 32.1 Å². The van der Waals surface area contributed by atoms with Crippen molar-refractivity contribution in [2.45, 2.75) is 186 Å². The van der Waals surface area contributed by atoms with Gasteiger partial charge < -0.3 is 106 Å². The SMILES string of the molecule is CC[C@H](C)C1NC(=O)[C@@H](CCCNC(=N)N)NC(=O)[C@H](CC(C)C)NC(=O)[C@H]([C@H](O)C(C)C)NC(=O)[C@@H](NC(=O)[C@H](CC(C)C)NC(=O)[C@@H](N)COCc2ccccc2)[C@@H](c2ccccc2)OC(=O)[C@H](CO)NC(=O)[C@H]([C@H](O)C(N)=O)NC(=O)CNC(=O)C([C@H](C)O)NC1=O. The van der Waals surface area contributed by atoms with E-state index < -0.39 is 193 Å². The summed E-state index contributed by atoms with van der Waals surface area (Å²) in [7, 11) is 0. The summed E-state index contributed by atoms with van der Waals surface area (Å²) in [6.45, 7) is 11.4. The lowest BCUT2D eigenvalue weighted by atomic mass is 9.95. The summed E-state index contributed by atoms with van der Waals surface area (Å²) in [5, 5.41) is 78.4. The average Bonchev–Trinajstić information content (AvgIpc) is 0.860. The topological polar surface area (TPSA) is 538 Å². The van der Waals surface area contributed by atoms with Crippen molar-refractivity contribution in [1.29, 1.82) is 5.41 Å². The maximum absolute atomic E-state index is 15.4. The molecule has 0 spiro atoms. The van der Waals surface area contributed by atoms with E-state index >= 15 is 4.79 Å². The third-order valence-electron chi connectivity index (χ3n) is 15.2. The molecule has 2 aromatic carbocycles. The number of nitrogens with two attached hydrogens (primary N) is 3. The number of primary amides is 1. The van der Waals surface area contributed by atoms with Gasteiger partial charge in [0.15, 0.2) is 24.2 Å². The van der Waals surface area contributed by atoms with Crippen LogP contribution in [0.4, 0.5) is 0 Å². The van der Waals surface area contributed by atoms with Gasteiger partial charge >= 0.3 is 5.97 Å². The molecule has 95 heavy (non-hydrogen) atoms. The molecule has 33 heteroatoms. The van der Waals surface area contributed by atoms with Crippen LogP contribution >= 0.6 is 0 Å². The van der Waals surface area contributed by atoms with Gasteiger partial charge in [-0.05, 0) is 67.4 Å². The van der Waals surface area contributed by atoms with Gasteiger partial charge in [-0.2, -0.15) is 0 Å². The quantitative estimate of drug-likeness (QED) is 0.0191. The van der Waals surface area contributed by atoms with Crippen LogP contribution in [-0.2, 0) is 73.6 Å². The molecule has 2 unspecified atom stereocenters. The van der Waals surface area contributed by atoms with E-state index in [-0.39, 0.29) is 63.3 Å². The van der Waals surface area contributed by atoms with Crippen molar-refractivity contribution in [2.75, 3.05) is 26.3 Å². The highest BCUT2D eigenvalue weighted by atomic mass is 16.5. The van der Waals surface area contributed by atoms with Gasteiger partial charge in [-0.1, -0.05) is 122 Å². The lowest BCUT2D eigenvalue weighted by Gasteiger charge is -2.33. The van der Waals surface area contributed by atoms with Gasteiger partial charge in [-0.3, -0.25) is 58.1 Å². The summed E-state index contributed by atoms with van der Waals surface area (Å²) in [6, 6.07) is -2.32. The number of guanidine groups is 1. The molecular formula is C62H97N15O18. The fourth-order valence-electron chi connectivity index (χ4n) is 9.61. The van der Waals surface area contributed by atoms with E-state index in [0.29, 0.717) is 0 Å². The first-order valence-corrected chi connectivity index (χ1v) is 31.4.